The molecular weight excluding hydrogens is 1020 g/mol. The van der Waals surface area contributed by atoms with Crippen molar-refractivity contribution in [2.75, 3.05) is 33.8 Å². The molecule has 6 heteroatoms. The molecule has 13 aromatic rings. The molecule has 0 amide bonds. The van der Waals surface area contributed by atoms with Gasteiger partial charge < -0.3 is 29.1 Å². The number of methoxy groups -OCH3 is 2. The normalized spacial score (nSPS) is 13.0. The van der Waals surface area contributed by atoms with Crippen molar-refractivity contribution in [1.82, 2.24) is 0 Å². The van der Waals surface area contributed by atoms with Crippen LogP contribution in [0.25, 0.3) is 54.2 Å². The molecule has 6 nitrogen and oxygen atoms in total. The molecule has 1 aliphatic rings. The first-order valence-electron chi connectivity index (χ1n) is 28.6. The van der Waals surface area contributed by atoms with Gasteiger partial charge in [-0.1, -0.05) is 182 Å². The molecule has 13 aromatic carbocycles. The summed E-state index contributed by atoms with van der Waals surface area (Å²) >= 11 is 0. The van der Waals surface area contributed by atoms with Crippen molar-refractivity contribution in [2.45, 2.75) is 12.5 Å². The van der Waals surface area contributed by atoms with Gasteiger partial charge in [0.05, 0.1) is 37.3 Å². The lowest BCUT2D eigenvalue weighted by atomic mass is 9.99. The zero-order valence-electron chi connectivity index (χ0n) is 46.8. The van der Waals surface area contributed by atoms with E-state index in [4.69, 9.17) is 9.47 Å². The summed E-state index contributed by atoms with van der Waals surface area (Å²) in [5.41, 5.74) is 14.3. The Morgan fingerprint density at radius 2 is 0.607 bits per heavy atom. The van der Waals surface area contributed by atoms with Gasteiger partial charge in [0.2, 0.25) is 0 Å². The molecule has 404 valence electrons. The van der Waals surface area contributed by atoms with Gasteiger partial charge in [-0.15, -0.1) is 0 Å². The third-order valence-electron chi connectivity index (χ3n) is 16.3. The van der Waals surface area contributed by atoms with E-state index >= 15 is 0 Å². The van der Waals surface area contributed by atoms with Gasteiger partial charge in [-0.3, -0.25) is 0 Å². The highest BCUT2D eigenvalue weighted by molar-refractivity contribution is 6.02. The summed E-state index contributed by atoms with van der Waals surface area (Å²) in [6, 6.07) is 105. The molecule has 0 fully saturated rings. The van der Waals surface area contributed by atoms with Crippen LogP contribution < -0.4 is 29.1 Å². The summed E-state index contributed by atoms with van der Waals surface area (Å²) in [5, 5.41) is 9.53. The van der Waals surface area contributed by atoms with Gasteiger partial charge in [0, 0.05) is 67.1 Å². The first-order valence-corrected chi connectivity index (χ1v) is 28.6. The van der Waals surface area contributed by atoms with E-state index in [1.807, 2.05) is 12.1 Å². The zero-order chi connectivity index (χ0) is 56.3. The Morgan fingerprint density at radius 1 is 0.298 bits per heavy atom. The van der Waals surface area contributed by atoms with Gasteiger partial charge in [0.25, 0.3) is 0 Å². The van der Waals surface area contributed by atoms with E-state index in [9.17, 15) is 0 Å². The van der Waals surface area contributed by atoms with E-state index in [1.165, 1.54) is 48.8 Å². The minimum absolute atomic E-state index is 0.0553. The van der Waals surface area contributed by atoms with Gasteiger partial charge >= 0.3 is 0 Å². The Morgan fingerprint density at radius 3 is 0.988 bits per heavy atom. The molecule has 0 saturated carbocycles. The maximum Gasteiger partial charge on any atom is 0.119 e. The molecule has 0 radical (unpaired) electrons. The first-order chi connectivity index (χ1) is 41.6. The number of allylic oxidation sites excluding steroid dienone is 1. The standard InChI is InChI=1S/C78H60N4O2/c1-83-69-51-47-67(48-52-69)81(77-29-13-21-59-17-5-9-25-73(59)77)65-43-39-63(40-44-65)79(75-27-11-19-57-15-3-7-23-71(57)75)61-35-31-55(32-36-61)56-33-37-62(38-34-56)80(76-28-12-20-58-16-4-8-24-72(58)76)64-41-45-66(46-42-64)82(68-49-53-70(84-2)54-50-68)78-30-14-22-60-18-6-10-26-74(60)78/h3-45,47-54,66H,46H2,1-2H3. The van der Waals surface area contributed by atoms with E-state index in [0.717, 1.165) is 85.9 Å². The lowest BCUT2D eigenvalue weighted by molar-refractivity contribution is 0.414. The maximum atomic E-state index is 5.60. The smallest absolute Gasteiger partial charge is 0.119 e. The Balaban J connectivity index is 0.801. The van der Waals surface area contributed by atoms with Crippen molar-refractivity contribution in [3.8, 4) is 22.6 Å². The van der Waals surface area contributed by atoms with Crippen LogP contribution >= 0.6 is 0 Å². The minimum atomic E-state index is 0.0553. The second-order valence-electron chi connectivity index (χ2n) is 21.2. The van der Waals surface area contributed by atoms with E-state index in [0.29, 0.717) is 0 Å². The van der Waals surface area contributed by atoms with E-state index in [-0.39, 0.29) is 6.04 Å². The first kappa shape index (κ1) is 51.3. The van der Waals surface area contributed by atoms with Crippen LogP contribution in [0.3, 0.4) is 0 Å². The van der Waals surface area contributed by atoms with E-state index < -0.39 is 0 Å². The summed E-state index contributed by atoms with van der Waals surface area (Å²) in [4.78, 5) is 9.60. The van der Waals surface area contributed by atoms with Crippen LogP contribution in [0.5, 0.6) is 11.5 Å². The highest BCUT2D eigenvalue weighted by atomic mass is 16.5. The lowest BCUT2D eigenvalue weighted by Crippen LogP contribution is -2.31. The molecule has 0 aromatic heterocycles. The molecule has 1 aliphatic carbocycles. The third-order valence-corrected chi connectivity index (χ3v) is 16.3. The largest absolute Gasteiger partial charge is 0.497 e. The van der Waals surface area contributed by atoms with Crippen LogP contribution in [0, 0.1) is 0 Å². The Hall–Kier alpha value is -10.8. The quantitative estimate of drug-likeness (QED) is 0.102. The number of anilines is 10. The second-order valence-corrected chi connectivity index (χ2v) is 21.2. The number of benzene rings is 13. The maximum absolute atomic E-state index is 5.60. The summed E-state index contributed by atoms with van der Waals surface area (Å²) in [6.45, 7) is 0. The molecule has 0 aliphatic heterocycles. The van der Waals surface area contributed by atoms with Crippen molar-refractivity contribution < 1.29 is 9.47 Å². The van der Waals surface area contributed by atoms with Crippen molar-refractivity contribution in [3.05, 3.63) is 315 Å². The van der Waals surface area contributed by atoms with Gasteiger partial charge in [-0.2, -0.15) is 0 Å². The van der Waals surface area contributed by atoms with Crippen molar-refractivity contribution in [3.63, 3.8) is 0 Å². The molecule has 0 spiro atoms. The van der Waals surface area contributed by atoms with Crippen molar-refractivity contribution in [2.24, 2.45) is 0 Å². The number of fused-ring (bicyclic) bond motifs is 4. The van der Waals surface area contributed by atoms with Crippen molar-refractivity contribution in [1.29, 1.82) is 0 Å². The highest BCUT2D eigenvalue weighted by Crippen LogP contribution is 2.45. The van der Waals surface area contributed by atoms with Crippen LogP contribution in [0.1, 0.15) is 6.42 Å². The lowest BCUT2D eigenvalue weighted by Gasteiger charge is -2.36. The molecule has 0 bridgehead atoms. The predicted octanol–water partition coefficient (Wildman–Crippen LogP) is 21.1. The van der Waals surface area contributed by atoms with E-state index in [1.54, 1.807) is 14.2 Å². The Kier molecular flexibility index (Phi) is 13.8. The van der Waals surface area contributed by atoms with Crippen LogP contribution in [-0.4, -0.2) is 20.3 Å². The number of ether oxygens (including phenoxy) is 2. The monoisotopic (exact) mass is 1080 g/mol. The summed E-state index contributed by atoms with van der Waals surface area (Å²) in [5.74, 6) is 1.65. The second kappa shape index (κ2) is 22.6. The van der Waals surface area contributed by atoms with Crippen LogP contribution in [0.4, 0.5) is 56.9 Å². The molecule has 1 atom stereocenters. The fourth-order valence-electron chi connectivity index (χ4n) is 12.2. The third kappa shape index (κ3) is 9.80. The Labute approximate surface area is 490 Å². The SMILES string of the molecule is COc1ccc(N(c2ccc(N(c3ccc(-c4ccc(N(C5=CCC(N(c6ccc(OC)cc6)c6cccc7ccccc67)C=C5)c5cccc6ccccc56)cc4)cc3)c3cccc4ccccc34)cc2)c2cccc3ccccc23)cc1. The van der Waals surface area contributed by atoms with Crippen LogP contribution in [0.15, 0.2) is 315 Å². The van der Waals surface area contributed by atoms with Crippen LogP contribution in [-0.2, 0) is 0 Å². The van der Waals surface area contributed by atoms with Gasteiger partial charge in [-0.05, 0) is 166 Å². The molecule has 84 heavy (non-hydrogen) atoms. The number of hydrogen-bond acceptors (Lipinski definition) is 6. The molecular formula is C78H60N4O2. The average Bonchev–Trinajstić information content (AvgIpc) is 3.74. The predicted molar refractivity (Wildman–Crippen MR) is 354 cm³/mol. The molecule has 0 heterocycles. The molecule has 0 N–H and O–H groups in total. The zero-order valence-corrected chi connectivity index (χ0v) is 46.8. The molecule has 14 rings (SSSR count). The topological polar surface area (TPSA) is 31.4 Å². The summed E-state index contributed by atoms with van der Waals surface area (Å²) < 4.78 is 11.2. The Bertz CT molecular complexity index is 4530. The average molecular weight is 1090 g/mol. The highest BCUT2D eigenvalue weighted by Gasteiger charge is 2.26. The summed E-state index contributed by atoms with van der Waals surface area (Å²) in [7, 11) is 3.42. The fourth-order valence-corrected chi connectivity index (χ4v) is 12.2. The van der Waals surface area contributed by atoms with Gasteiger partial charge in [0.15, 0.2) is 0 Å². The van der Waals surface area contributed by atoms with Gasteiger partial charge in [-0.25, -0.2) is 0 Å². The summed E-state index contributed by atoms with van der Waals surface area (Å²) in [6.07, 6.45) is 7.87. The van der Waals surface area contributed by atoms with E-state index in [2.05, 4.69) is 317 Å². The van der Waals surface area contributed by atoms with Gasteiger partial charge in [0.1, 0.15) is 11.5 Å². The molecule has 1 unspecified atom stereocenters. The fraction of sp³-hybridized carbons (Fsp3) is 0.0513. The van der Waals surface area contributed by atoms with Crippen molar-refractivity contribution >= 4 is 100.0 Å². The van der Waals surface area contributed by atoms with Crippen LogP contribution in [0.2, 0.25) is 0 Å². The minimum Gasteiger partial charge on any atom is -0.497 e. The molecule has 0 saturated heterocycles. The number of nitrogens with zero attached hydrogens (tertiary/aromatic N) is 4. The number of rotatable bonds is 15. The number of hydrogen-bond donors (Lipinski definition) is 0.